The van der Waals surface area contributed by atoms with E-state index in [0.29, 0.717) is 28.0 Å². The Bertz CT molecular complexity index is 1250. The minimum Gasteiger partial charge on any atom is -0.352 e. The number of carbonyl (C=O) groups is 1. The van der Waals surface area contributed by atoms with Crippen molar-refractivity contribution < 1.29 is 26.7 Å². The number of nitrogens with one attached hydrogen (secondary N) is 1. The van der Waals surface area contributed by atoms with Crippen LogP contribution >= 0.6 is 11.3 Å². The van der Waals surface area contributed by atoms with Crippen molar-refractivity contribution in [2.45, 2.75) is 45.3 Å². The lowest BCUT2D eigenvalue weighted by molar-refractivity contribution is -0.138. The van der Waals surface area contributed by atoms with E-state index >= 15 is 0 Å². The van der Waals surface area contributed by atoms with Gasteiger partial charge in [-0.3, -0.25) is 9.78 Å². The molecule has 1 unspecified atom stereocenters. The number of thiazole rings is 1. The minimum atomic E-state index is -4.58. The highest BCUT2D eigenvalue weighted by atomic mass is 32.1. The first-order valence-electron chi connectivity index (χ1n) is 11.1. The molecule has 0 aliphatic carbocycles. The molecule has 1 N–H and O–H groups in total. The van der Waals surface area contributed by atoms with E-state index in [0.717, 1.165) is 10.5 Å². The van der Waals surface area contributed by atoms with Crippen LogP contribution in [-0.4, -0.2) is 55.8 Å². The summed E-state index contributed by atoms with van der Waals surface area (Å²) in [7, 11) is 0. The summed E-state index contributed by atoms with van der Waals surface area (Å²) in [6.07, 6.45) is -2.16. The number of alkyl halides is 5. The van der Waals surface area contributed by atoms with Crippen LogP contribution in [0.1, 0.15) is 40.0 Å². The van der Waals surface area contributed by atoms with Crippen molar-refractivity contribution in [1.82, 2.24) is 24.8 Å². The van der Waals surface area contributed by atoms with E-state index in [-0.39, 0.29) is 18.2 Å². The highest BCUT2D eigenvalue weighted by Gasteiger charge is 2.47. The van der Waals surface area contributed by atoms with Gasteiger partial charge in [-0.05, 0) is 37.5 Å². The largest absolute Gasteiger partial charge is 0.419 e. The Morgan fingerprint density at radius 2 is 1.92 bits per heavy atom. The average molecular weight is 527 g/mol. The highest BCUT2D eigenvalue weighted by molar-refractivity contribution is 7.15. The molecule has 3 aromatic heterocycles. The number of hydrogen-bond acceptors (Lipinski definition) is 7. The second kappa shape index (κ2) is 9.68. The summed E-state index contributed by atoms with van der Waals surface area (Å²) in [5.74, 6) is -4.50. The van der Waals surface area contributed by atoms with Crippen LogP contribution in [0.15, 0.2) is 30.7 Å². The second-order valence-electron chi connectivity index (χ2n) is 8.84. The Labute approximate surface area is 207 Å². The molecule has 2 atom stereocenters. The normalized spacial score (nSPS) is 19.8. The first kappa shape index (κ1) is 25.9. The molecule has 0 radical (unpaired) electrons. The van der Waals surface area contributed by atoms with Crippen LogP contribution in [0.5, 0.6) is 0 Å². The fourth-order valence-corrected chi connectivity index (χ4v) is 5.06. The van der Waals surface area contributed by atoms with Gasteiger partial charge in [-0.15, -0.1) is 11.3 Å². The number of nitrogens with zero attached hydrogens (tertiary/aromatic N) is 5. The number of piperidine rings is 1. The lowest BCUT2D eigenvalue weighted by atomic mass is 9.88. The van der Waals surface area contributed by atoms with Crippen molar-refractivity contribution in [2.75, 3.05) is 18.4 Å². The molecule has 1 fully saturated rings. The van der Waals surface area contributed by atoms with Gasteiger partial charge in [0, 0.05) is 31.6 Å². The summed E-state index contributed by atoms with van der Waals surface area (Å²) >= 11 is 1.25. The number of hydrogen-bond donors (Lipinski definition) is 1. The maximum absolute atomic E-state index is 14.6. The topological polar surface area (TPSA) is 83.9 Å². The third-order valence-electron chi connectivity index (χ3n) is 5.87. The van der Waals surface area contributed by atoms with Gasteiger partial charge in [-0.25, -0.2) is 23.7 Å². The van der Waals surface area contributed by atoms with Crippen LogP contribution in [0.2, 0.25) is 0 Å². The van der Waals surface area contributed by atoms with Crippen molar-refractivity contribution in [3.8, 4) is 10.6 Å². The molecule has 0 saturated carbocycles. The Hall–Kier alpha value is -3.22. The van der Waals surface area contributed by atoms with Gasteiger partial charge >= 0.3 is 6.18 Å². The fourth-order valence-electron chi connectivity index (χ4n) is 4.18. The van der Waals surface area contributed by atoms with E-state index in [9.17, 15) is 26.7 Å². The van der Waals surface area contributed by atoms with E-state index in [1.807, 2.05) is 6.92 Å². The Morgan fingerprint density at radius 3 is 2.56 bits per heavy atom. The van der Waals surface area contributed by atoms with Crippen LogP contribution in [0.4, 0.5) is 27.9 Å². The highest BCUT2D eigenvalue weighted by Crippen LogP contribution is 2.37. The maximum Gasteiger partial charge on any atom is 0.419 e. The van der Waals surface area contributed by atoms with E-state index < -0.39 is 48.5 Å². The Kier molecular flexibility index (Phi) is 6.95. The van der Waals surface area contributed by atoms with Gasteiger partial charge < -0.3 is 10.2 Å². The maximum atomic E-state index is 14.6. The summed E-state index contributed by atoms with van der Waals surface area (Å²) in [6, 6.07) is 2.89. The van der Waals surface area contributed by atoms with Crippen LogP contribution in [0, 0.1) is 19.8 Å². The molecule has 13 heteroatoms. The minimum absolute atomic E-state index is 0.0322. The third kappa shape index (κ3) is 5.61. The second-order valence-corrected chi connectivity index (χ2v) is 10.0. The number of aromatic nitrogens is 4. The number of carbonyl (C=O) groups excluding carboxylic acids is 1. The first-order valence-corrected chi connectivity index (χ1v) is 11.9. The molecule has 7 nitrogen and oxygen atoms in total. The number of likely N-dealkylation sites (tertiary alicyclic amines) is 1. The summed E-state index contributed by atoms with van der Waals surface area (Å²) < 4.78 is 67.5. The molecule has 192 valence electrons. The Balaban J connectivity index is 1.61. The van der Waals surface area contributed by atoms with E-state index in [2.05, 4.69) is 25.3 Å². The zero-order valence-corrected chi connectivity index (χ0v) is 20.4. The molecular weight excluding hydrogens is 503 g/mol. The van der Waals surface area contributed by atoms with Gasteiger partial charge in [0.1, 0.15) is 5.69 Å². The standard InChI is InChI=1S/C23H23F5N6OS/c1-12-4-5-29-16(6-12)19-18(33-14(3)36-19)20(35)34-11-22(24,25)7-13(2)17(34)10-32-21-30-8-15(9-31-21)23(26,27)28/h4-6,8-9,13,17H,7,10-11H2,1-3H3,(H,30,31,32)/t13-,17?/m1/s1. The number of anilines is 1. The van der Waals surface area contributed by atoms with Gasteiger partial charge in [-0.1, -0.05) is 6.92 Å². The van der Waals surface area contributed by atoms with Crippen molar-refractivity contribution in [2.24, 2.45) is 5.92 Å². The van der Waals surface area contributed by atoms with Crippen molar-refractivity contribution in [3.63, 3.8) is 0 Å². The van der Waals surface area contributed by atoms with Crippen molar-refractivity contribution >= 4 is 23.2 Å². The number of halogens is 5. The van der Waals surface area contributed by atoms with E-state index in [1.54, 1.807) is 32.2 Å². The fraction of sp³-hybridized carbons (Fsp3) is 0.435. The molecule has 1 saturated heterocycles. The van der Waals surface area contributed by atoms with Gasteiger partial charge in [-0.2, -0.15) is 13.2 Å². The lowest BCUT2D eigenvalue weighted by Crippen LogP contribution is -2.57. The van der Waals surface area contributed by atoms with Gasteiger partial charge in [0.05, 0.1) is 33.7 Å². The quantitative estimate of drug-likeness (QED) is 0.459. The van der Waals surface area contributed by atoms with Gasteiger partial charge in [0.25, 0.3) is 11.8 Å². The average Bonchev–Trinajstić information content (AvgIpc) is 3.18. The number of aryl methyl sites for hydroxylation is 2. The summed E-state index contributed by atoms with van der Waals surface area (Å²) in [4.78, 5) is 31.2. The molecule has 0 bridgehead atoms. The number of pyridine rings is 1. The van der Waals surface area contributed by atoms with E-state index in [4.69, 9.17) is 0 Å². The molecule has 0 aromatic carbocycles. The molecule has 4 heterocycles. The third-order valence-corrected chi connectivity index (χ3v) is 6.87. The molecule has 0 spiro atoms. The Morgan fingerprint density at radius 1 is 1.22 bits per heavy atom. The first-order chi connectivity index (χ1) is 16.8. The van der Waals surface area contributed by atoms with Gasteiger partial charge in [0.2, 0.25) is 5.95 Å². The number of rotatable bonds is 5. The molecular formula is C23H23F5N6OS. The predicted molar refractivity (Wildman–Crippen MR) is 124 cm³/mol. The molecule has 36 heavy (non-hydrogen) atoms. The van der Waals surface area contributed by atoms with Crippen LogP contribution < -0.4 is 5.32 Å². The van der Waals surface area contributed by atoms with Crippen molar-refractivity contribution in [3.05, 3.63) is 52.6 Å². The smallest absolute Gasteiger partial charge is 0.352 e. The monoisotopic (exact) mass is 526 g/mol. The number of amides is 1. The molecule has 1 amide bonds. The molecule has 1 aliphatic heterocycles. The predicted octanol–water partition coefficient (Wildman–Crippen LogP) is 5.23. The van der Waals surface area contributed by atoms with Crippen LogP contribution in [0.3, 0.4) is 0 Å². The SMILES string of the molecule is Cc1ccnc(-c2sc(C)nc2C(=O)N2CC(F)(F)C[C@@H](C)C2CNc2ncc(C(F)(F)F)cn2)c1. The molecule has 4 rings (SSSR count). The zero-order valence-electron chi connectivity index (χ0n) is 19.6. The summed E-state index contributed by atoms with van der Waals surface area (Å²) in [5, 5.41) is 3.37. The van der Waals surface area contributed by atoms with E-state index in [1.165, 1.54) is 11.3 Å². The summed E-state index contributed by atoms with van der Waals surface area (Å²) in [5.41, 5.74) is 0.470. The summed E-state index contributed by atoms with van der Waals surface area (Å²) in [6.45, 7) is 4.35. The van der Waals surface area contributed by atoms with Crippen molar-refractivity contribution in [1.29, 1.82) is 0 Å². The van der Waals surface area contributed by atoms with Crippen LogP contribution in [-0.2, 0) is 6.18 Å². The molecule has 3 aromatic rings. The lowest BCUT2D eigenvalue weighted by Gasteiger charge is -2.43. The molecule has 1 aliphatic rings. The van der Waals surface area contributed by atoms with Gasteiger partial charge in [0.15, 0.2) is 0 Å². The zero-order chi connectivity index (χ0) is 26.3. The van der Waals surface area contributed by atoms with Crippen LogP contribution in [0.25, 0.3) is 10.6 Å².